The summed E-state index contributed by atoms with van der Waals surface area (Å²) in [6, 6.07) is 4.92. The fourth-order valence-electron chi connectivity index (χ4n) is 1.22. The van der Waals surface area contributed by atoms with Gasteiger partial charge in [-0.3, -0.25) is 0 Å². The summed E-state index contributed by atoms with van der Waals surface area (Å²) in [5, 5.41) is 2.39. The molecule has 0 saturated heterocycles. The summed E-state index contributed by atoms with van der Waals surface area (Å²) in [7, 11) is 0. The Morgan fingerprint density at radius 3 is 2.79 bits per heavy atom. The number of benzene rings is 1. The number of thiazole rings is 1. The van der Waals surface area contributed by atoms with Gasteiger partial charge in [0.05, 0.1) is 5.69 Å². The van der Waals surface area contributed by atoms with Gasteiger partial charge >= 0.3 is 0 Å². The molecule has 0 aliphatic rings. The molecule has 0 aliphatic heterocycles. The first kappa shape index (κ1) is 9.15. The second-order valence-electron chi connectivity index (χ2n) is 3.03. The van der Waals surface area contributed by atoms with Crippen LogP contribution in [-0.4, -0.2) is 4.98 Å². The number of rotatable bonds is 1. The molecule has 2 nitrogen and oxygen atoms in total. The Hall–Kier alpha value is -1.42. The van der Waals surface area contributed by atoms with E-state index in [-0.39, 0.29) is 5.82 Å². The molecule has 0 saturated carbocycles. The zero-order valence-corrected chi connectivity index (χ0v) is 8.44. The predicted molar refractivity (Wildman–Crippen MR) is 56.7 cm³/mol. The second-order valence-corrected chi connectivity index (χ2v) is 3.92. The molecule has 0 aliphatic carbocycles. The normalized spacial score (nSPS) is 10.4. The lowest BCUT2D eigenvalue weighted by atomic mass is 10.1. The third kappa shape index (κ3) is 1.61. The van der Waals surface area contributed by atoms with Gasteiger partial charge in [0, 0.05) is 10.9 Å². The number of nitrogen functional groups attached to an aromatic ring is 1. The first-order valence-corrected chi connectivity index (χ1v) is 5.02. The van der Waals surface area contributed by atoms with E-state index in [4.69, 9.17) is 5.73 Å². The smallest absolute Gasteiger partial charge is 0.180 e. The van der Waals surface area contributed by atoms with Crippen LogP contribution in [0.25, 0.3) is 11.3 Å². The Morgan fingerprint density at radius 2 is 2.21 bits per heavy atom. The lowest BCUT2D eigenvalue weighted by Crippen LogP contribution is -1.86. The summed E-state index contributed by atoms with van der Waals surface area (Å²) in [6.07, 6.45) is 0. The van der Waals surface area contributed by atoms with Crippen LogP contribution in [-0.2, 0) is 0 Å². The molecule has 1 aromatic carbocycles. The lowest BCUT2D eigenvalue weighted by molar-refractivity contribution is 0.619. The number of nitrogens with two attached hydrogens (primary N) is 1. The van der Waals surface area contributed by atoms with Crippen LogP contribution in [0, 0.1) is 12.7 Å². The van der Waals surface area contributed by atoms with Gasteiger partial charge in [-0.2, -0.15) is 0 Å². The Labute approximate surface area is 85.2 Å². The number of anilines is 1. The molecule has 2 N–H and O–H groups in total. The van der Waals surface area contributed by atoms with E-state index in [0.717, 1.165) is 11.3 Å². The molecule has 0 unspecified atom stereocenters. The van der Waals surface area contributed by atoms with Gasteiger partial charge in [-0.25, -0.2) is 9.37 Å². The summed E-state index contributed by atoms with van der Waals surface area (Å²) < 4.78 is 13.0. The van der Waals surface area contributed by atoms with Crippen molar-refractivity contribution < 1.29 is 4.39 Å². The summed E-state index contributed by atoms with van der Waals surface area (Å²) in [5.74, 6) is -0.197. The topological polar surface area (TPSA) is 38.9 Å². The second kappa shape index (κ2) is 3.38. The number of hydrogen-bond acceptors (Lipinski definition) is 3. The summed E-state index contributed by atoms with van der Waals surface area (Å²) >= 11 is 1.38. The van der Waals surface area contributed by atoms with Gasteiger partial charge in [-0.05, 0) is 30.7 Å². The van der Waals surface area contributed by atoms with E-state index in [2.05, 4.69) is 4.98 Å². The van der Waals surface area contributed by atoms with E-state index in [9.17, 15) is 4.39 Å². The van der Waals surface area contributed by atoms with Crippen LogP contribution in [0.15, 0.2) is 23.6 Å². The minimum absolute atomic E-state index is 0.197. The molecule has 0 atom stereocenters. The van der Waals surface area contributed by atoms with Crippen LogP contribution in [0.1, 0.15) is 5.56 Å². The molecular formula is C10H9FN2S. The van der Waals surface area contributed by atoms with Gasteiger partial charge in [0.15, 0.2) is 5.13 Å². The monoisotopic (exact) mass is 208 g/mol. The first-order valence-electron chi connectivity index (χ1n) is 4.14. The van der Waals surface area contributed by atoms with Crippen molar-refractivity contribution in [3.05, 3.63) is 35.0 Å². The van der Waals surface area contributed by atoms with Crippen molar-refractivity contribution >= 4 is 16.5 Å². The molecule has 1 heterocycles. The van der Waals surface area contributed by atoms with Crippen molar-refractivity contribution in [3.8, 4) is 11.3 Å². The third-order valence-corrected chi connectivity index (χ3v) is 2.65. The molecular weight excluding hydrogens is 199 g/mol. The Morgan fingerprint density at radius 1 is 1.43 bits per heavy atom. The highest BCUT2D eigenvalue weighted by Gasteiger charge is 2.04. The van der Waals surface area contributed by atoms with Crippen LogP contribution in [0.3, 0.4) is 0 Å². The fourth-order valence-corrected chi connectivity index (χ4v) is 1.80. The molecule has 2 rings (SSSR count). The minimum atomic E-state index is -0.197. The summed E-state index contributed by atoms with van der Waals surface area (Å²) in [4.78, 5) is 4.13. The Kier molecular flexibility index (Phi) is 2.21. The van der Waals surface area contributed by atoms with Gasteiger partial charge < -0.3 is 5.73 Å². The third-order valence-electron chi connectivity index (χ3n) is 1.98. The number of halogens is 1. The van der Waals surface area contributed by atoms with Crippen molar-refractivity contribution in [2.75, 3.05) is 5.73 Å². The molecule has 4 heteroatoms. The largest absolute Gasteiger partial charge is 0.375 e. The maximum atomic E-state index is 13.0. The average Bonchev–Trinajstić information content (AvgIpc) is 2.57. The lowest BCUT2D eigenvalue weighted by Gasteiger charge is -1.99. The Balaban J connectivity index is 2.47. The van der Waals surface area contributed by atoms with E-state index in [1.807, 2.05) is 5.38 Å². The zero-order valence-electron chi connectivity index (χ0n) is 7.62. The first-order chi connectivity index (χ1) is 6.66. The van der Waals surface area contributed by atoms with E-state index in [0.29, 0.717) is 10.7 Å². The zero-order chi connectivity index (χ0) is 10.1. The summed E-state index contributed by atoms with van der Waals surface area (Å²) in [6.45, 7) is 1.73. The molecule has 14 heavy (non-hydrogen) atoms. The maximum Gasteiger partial charge on any atom is 0.180 e. The number of aromatic nitrogens is 1. The molecule has 0 amide bonds. The van der Waals surface area contributed by atoms with Crippen LogP contribution in [0.5, 0.6) is 0 Å². The molecule has 72 valence electrons. The fraction of sp³-hybridized carbons (Fsp3) is 0.100. The molecule has 0 bridgehead atoms. The maximum absolute atomic E-state index is 13.0. The number of hydrogen-bond donors (Lipinski definition) is 1. The quantitative estimate of drug-likeness (QED) is 0.782. The van der Waals surface area contributed by atoms with E-state index in [1.54, 1.807) is 19.1 Å². The van der Waals surface area contributed by atoms with Crippen molar-refractivity contribution in [1.82, 2.24) is 4.98 Å². The van der Waals surface area contributed by atoms with Gasteiger partial charge in [-0.15, -0.1) is 11.3 Å². The van der Waals surface area contributed by atoms with Crippen molar-refractivity contribution in [2.24, 2.45) is 0 Å². The Bertz CT molecular complexity index is 465. The highest BCUT2D eigenvalue weighted by Crippen LogP contribution is 2.24. The highest BCUT2D eigenvalue weighted by molar-refractivity contribution is 7.13. The molecule has 1 aromatic heterocycles. The molecule has 0 fully saturated rings. The molecule has 0 spiro atoms. The molecule has 2 aromatic rings. The van der Waals surface area contributed by atoms with Gasteiger partial charge in [0.25, 0.3) is 0 Å². The van der Waals surface area contributed by atoms with Crippen molar-refractivity contribution in [1.29, 1.82) is 0 Å². The van der Waals surface area contributed by atoms with Crippen LogP contribution in [0.4, 0.5) is 9.52 Å². The summed E-state index contributed by atoms with van der Waals surface area (Å²) in [5.41, 5.74) is 7.84. The standard InChI is InChI=1S/C10H9FN2S/c1-6-4-7(2-3-8(6)11)9-5-14-10(12)13-9/h2-5H,1H3,(H2,12,13). The van der Waals surface area contributed by atoms with Gasteiger partial charge in [-0.1, -0.05) is 0 Å². The van der Waals surface area contributed by atoms with Gasteiger partial charge in [0.2, 0.25) is 0 Å². The van der Waals surface area contributed by atoms with Crippen LogP contribution < -0.4 is 5.73 Å². The highest BCUT2D eigenvalue weighted by atomic mass is 32.1. The predicted octanol–water partition coefficient (Wildman–Crippen LogP) is 2.84. The van der Waals surface area contributed by atoms with E-state index < -0.39 is 0 Å². The van der Waals surface area contributed by atoms with Crippen molar-refractivity contribution in [2.45, 2.75) is 6.92 Å². The van der Waals surface area contributed by atoms with Crippen LogP contribution in [0.2, 0.25) is 0 Å². The van der Waals surface area contributed by atoms with Crippen molar-refractivity contribution in [3.63, 3.8) is 0 Å². The number of aryl methyl sites for hydroxylation is 1. The molecule has 0 radical (unpaired) electrons. The SMILES string of the molecule is Cc1cc(-c2csc(N)n2)ccc1F. The minimum Gasteiger partial charge on any atom is -0.375 e. The van der Waals surface area contributed by atoms with E-state index >= 15 is 0 Å². The van der Waals surface area contributed by atoms with Crippen LogP contribution >= 0.6 is 11.3 Å². The van der Waals surface area contributed by atoms with Gasteiger partial charge in [0.1, 0.15) is 5.82 Å². The van der Waals surface area contributed by atoms with E-state index in [1.165, 1.54) is 17.4 Å². The number of nitrogens with zero attached hydrogens (tertiary/aromatic N) is 1. The average molecular weight is 208 g/mol.